The molecule has 2 aliphatic heterocycles. The van der Waals surface area contributed by atoms with Crippen LogP contribution in [-0.2, 0) is 47.7 Å². The summed E-state index contributed by atoms with van der Waals surface area (Å²) in [5.41, 5.74) is 0. The summed E-state index contributed by atoms with van der Waals surface area (Å²) in [4.78, 5) is 64.7. The van der Waals surface area contributed by atoms with E-state index >= 15 is 0 Å². The van der Waals surface area contributed by atoms with Gasteiger partial charge in [-0.25, -0.2) is 19.2 Å². The number of carbonyl (C=O) groups excluding carboxylic acids is 6. The van der Waals surface area contributed by atoms with Gasteiger partial charge in [0.1, 0.15) is 12.2 Å². The van der Waals surface area contributed by atoms with Crippen LogP contribution in [-0.4, -0.2) is 109 Å². The molecule has 6 N–H and O–H groups in total. The molecular weight excluding hydrogens is 506 g/mol. The van der Waals surface area contributed by atoms with Gasteiger partial charge in [0.2, 0.25) is 0 Å². The van der Waals surface area contributed by atoms with Crippen LogP contribution in [0.5, 0.6) is 0 Å². The number of aliphatic hydroxyl groups is 6. The first-order valence-electron chi connectivity index (χ1n) is 7.55. The van der Waals surface area contributed by atoms with Gasteiger partial charge in [-0.05, 0) is 0 Å². The molecule has 0 aromatic heterocycles. The van der Waals surface area contributed by atoms with Crippen molar-refractivity contribution >= 4 is 35.8 Å². The van der Waals surface area contributed by atoms with Crippen molar-refractivity contribution in [2.75, 3.05) is 0 Å². The predicted molar refractivity (Wildman–Crippen MR) is 73.2 cm³/mol. The van der Waals surface area contributed by atoms with Gasteiger partial charge in [-0.2, -0.15) is 0 Å². The molecule has 2 saturated heterocycles. The summed E-state index contributed by atoms with van der Waals surface area (Å²) in [5.74, 6) is -11.0. The maximum Gasteiger partial charge on any atom is 1.00 e. The summed E-state index contributed by atoms with van der Waals surface area (Å²) in [6.45, 7) is 0. The Morgan fingerprint density at radius 1 is 0.667 bits per heavy atom. The van der Waals surface area contributed by atoms with Gasteiger partial charge in [0.15, 0.2) is 24.4 Å². The van der Waals surface area contributed by atoms with E-state index in [9.17, 15) is 59.4 Å². The van der Waals surface area contributed by atoms with Gasteiger partial charge in [-0.3, -0.25) is 0 Å². The molecule has 2 fully saturated rings. The van der Waals surface area contributed by atoms with Gasteiger partial charge in [0, 0.05) is 0 Å². The molecule has 0 bridgehead atoms. The number of aliphatic hydroxyl groups excluding tert-OH is 6. The molecule has 18 nitrogen and oxygen atoms in total. The molecule has 20 heteroatoms. The molecule has 174 valence electrons. The molecule has 33 heavy (non-hydrogen) atoms. The number of esters is 4. The minimum Gasteiger partial charge on any atom is -0.547 e. The molecule has 6 atom stereocenters. The summed E-state index contributed by atoms with van der Waals surface area (Å²) in [7, 11) is 0. The number of carbonyl (C=O) groups is 6. The molecule has 2 heterocycles. The van der Waals surface area contributed by atoms with Crippen LogP contribution >= 0.6 is 0 Å². The van der Waals surface area contributed by atoms with Crippen molar-refractivity contribution < 1.29 is 170 Å². The van der Waals surface area contributed by atoms with E-state index in [1.165, 1.54) is 0 Å². The van der Waals surface area contributed by atoms with Gasteiger partial charge in [0.05, 0.1) is 11.9 Å². The van der Waals surface area contributed by atoms with Gasteiger partial charge in [0.25, 0.3) is 0 Å². The second-order valence-electron chi connectivity index (χ2n) is 5.49. The van der Waals surface area contributed by atoms with Crippen LogP contribution in [0.4, 0.5) is 0 Å². The number of carboxylic acids is 2. The number of ether oxygens (including phenoxy) is 4. The van der Waals surface area contributed by atoms with Gasteiger partial charge in [-0.1, -0.05) is 0 Å². The molecular formula is C13H12KNaO18. The van der Waals surface area contributed by atoms with Crippen LogP contribution in [0.15, 0.2) is 0 Å². The molecule has 0 radical (unpaired) electrons. The van der Waals surface area contributed by atoms with E-state index in [1.807, 2.05) is 0 Å². The van der Waals surface area contributed by atoms with Crippen molar-refractivity contribution in [1.82, 2.24) is 0 Å². The van der Waals surface area contributed by atoms with Crippen LogP contribution in [0.25, 0.3) is 0 Å². The maximum atomic E-state index is 11.4. The van der Waals surface area contributed by atoms with Crippen LogP contribution in [0.2, 0.25) is 0 Å². The van der Waals surface area contributed by atoms with E-state index in [2.05, 4.69) is 18.9 Å². The van der Waals surface area contributed by atoms with Gasteiger partial charge >= 0.3 is 111 Å². The molecule has 2 aliphatic rings. The minimum absolute atomic E-state index is 0. The third-order valence-corrected chi connectivity index (χ3v) is 3.25. The fraction of sp³-hybridized carbons (Fsp3) is 0.538. The fourth-order valence-corrected chi connectivity index (χ4v) is 1.63. The van der Waals surface area contributed by atoms with E-state index in [0.717, 1.165) is 0 Å². The van der Waals surface area contributed by atoms with E-state index in [4.69, 9.17) is 10.2 Å². The number of rotatable bonds is 3. The third-order valence-electron chi connectivity index (χ3n) is 3.25. The van der Waals surface area contributed by atoms with E-state index < -0.39 is 78.6 Å². The third kappa shape index (κ3) is 8.74. The second-order valence-corrected chi connectivity index (χ2v) is 5.49. The molecule has 0 saturated carbocycles. The average Bonchev–Trinajstić information content (AvgIpc) is 2.81. The second kappa shape index (κ2) is 13.9. The van der Waals surface area contributed by atoms with Crippen molar-refractivity contribution in [3.05, 3.63) is 0 Å². The number of carboxylic acid groups (broad SMARTS) is 2. The summed E-state index contributed by atoms with van der Waals surface area (Å²) in [6.07, 6.45) is -17.9. The Hall–Kier alpha value is -0.784. The van der Waals surface area contributed by atoms with Crippen molar-refractivity contribution in [2.24, 2.45) is 0 Å². The minimum atomic E-state index is -3.40. The number of hydrogen-bond acceptors (Lipinski definition) is 18. The Morgan fingerprint density at radius 3 is 1.00 bits per heavy atom. The first kappa shape index (κ1) is 34.4. The number of aliphatic carboxylic acids is 2. The zero-order chi connectivity index (χ0) is 24.3. The first-order valence-corrected chi connectivity index (χ1v) is 7.55. The topological polar surface area (TPSA) is 307 Å². The van der Waals surface area contributed by atoms with E-state index in [0.29, 0.717) is 0 Å². The molecule has 2 rings (SSSR count). The quantitative estimate of drug-likeness (QED) is 0.149. The summed E-state index contributed by atoms with van der Waals surface area (Å²) < 4.78 is 16.8. The van der Waals surface area contributed by atoms with Crippen LogP contribution < -0.4 is 91.2 Å². The zero-order valence-corrected chi connectivity index (χ0v) is 21.7. The normalized spacial score (nSPS) is 30.6. The number of hydrogen-bond donors (Lipinski definition) is 6. The molecule has 0 aliphatic carbocycles. The molecule has 0 amide bonds. The SMILES string of the molecule is O=C([O-])C(O)C(O)C(=O)[O-].O=C1OC2(OC(=O)C(O)C1O)OC(=O)C(O)C(O)C(=O)O2.[K+].[Na+]. The zero-order valence-electron chi connectivity index (χ0n) is 16.5. The fourth-order valence-electron chi connectivity index (χ4n) is 1.63. The standard InChI is InChI=1S/C9H8O12.C4H6O6.K.Na/c10-1-2(11)6(15)19-9(18-5(1)14)20-7(16)3(12)4(13)8(17)21-9;5-1(3(7)8)2(6)4(9)10;;/h1-4,10-13H;1-2,5-6H,(H,7,8)(H,9,10);;/q;;2*+1/p-2. The Morgan fingerprint density at radius 2 is 0.848 bits per heavy atom. The van der Waals surface area contributed by atoms with Crippen molar-refractivity contribution in [3.63, 3.8) is 0 Å². The summed E-state index contributed by atoms with van der Waals surface area (Å²) in [5, 5.41) is 72.6. The van der Waals surface area contributed by atoms with Crippen molar-refractivity contribution in [3.8, 4) is 0 Å². The first-order chi connectivity index (χ1) is 14.1. The smallest absolute Gasteiger partial charge is 0.547 e. The van der Waals surface area contributed by atoms with Crippen LogP contribution in [0, 0.1) is 0 Å². The Balaban J connectivity index is 0. The van der Waals surface area contributed by atoms with Gasteiger partial charge in [-0.15, -0.1) is 0 Å². The molecule has 0 aromatic carbocycles. The molecule has 0 aromatic rings. The average molecular weight is 518 g/mol. The maximum absolute atomic E-state index is 11.4. The Bertz CT molecular complexity index is 674. The van der Waals surface area contributed by atoms with Crippen molar-refractivity contribution in [2.45, 2.75) is 42.8 Å². The summed E-state index contributed by atoms with van der Waals surface area (Å²) >= 11 is 0. The Kier molecular flexibility index (Phi) is 14.5. The van der Waals surface area contributed by atoms with E-state index in [1.54, 1.807) is 0 Å². The molecule has 1 spiro atoms. The van der Waals surface area contributed by atoms with Gasteiger partial charge < -0.3 is 69.4 Å². The molecule has 6 unspecified atom stereocenters. The van der Waals surface area contributed by atoms with E-state index in [-0.39, 0.29) is 80.9 Å². The van der Waals surface area contributed by atoms with Crippen molar-refractivity contribution in [1.29, 1.82) is 0 Å². The monoisotopic (exact) mass is 518 g/mol. The largest absolute Gasteiger partial charge is 1.00 e. The van der Waals surface area contributed by atoms with Crippen LogP contribution in [0.3, 0.4) is 0 Å². The van der Waals surface area contributed by atoms with Crippen LogP contribution in [0.1, 0.15) is 0 Å². The summed E-state index contributed by atoms with van der Waals surface area (Å²) in [6, 6.07) is 0. The predicted octanol–water partition coefficient (Wildman–Crippen LogP) is -15.5. The Labute approximate surface area is 245 Å².